The Morgan fingerprint density at radius 2 is 1.90 bits per heavy atom. The molecule has 3 rings (SSSR count). The fraction of sp³-hybridized carbons (Fsp3) is 0.278. The maximum Gasteiger partial charge on any atom is 0.254 e. The number of carbonyl (C=O) groups excluding carboxylic acids is 1. The summed E-state index contributed by atoms with van der Waals surface area (Å²) in [7, 11) is 0. The molecular formula is C18H20N2O. The first-order chi connectivity index (χ1) is 10.2. The number of benzene rings is 2. The molecule has 0 saturated heterocycles. The Morgan fingerprint density at radius 3 is 2.62 bits per heavy atom. The van der Waals surface area contributed by atoms with E-state index in [1.54, 1.807) is 0 Å². The molecule has 1 heterocycles. The fourth-order valence-electron chi connectivity index (χ4n) is 2.82. The summed E-state index contributed by atoms with van der Waals surface area (Å²) in [6, 6.07) is 15.8. The van der Waals surface area contributed by atoms with E-state index in [1.165, 1.54) is 5.56 Å². The Morgan fingerprint density at radius 1 is 1.14 bits per heavy atom. The van der Waals surface area contributed by atoms with Crippen molar-refractivity contribution in [3.63, 3.8) is 0 Å². The number of nitrogens with zero attached hydrogens (tertiary/aromatic N) is 1. The number of hydrogen-bond donors (Lipinski definition) is 1. The Labute approximate surface area is 125 Å². The highest BCUT2D eigenvalue weighted by Gasteiger charge is 2.32. The summed E-state index contributed by atoms with van der Waals surface area (Å²) in [4.78, 5) is 14.7. The summed E-state index contributed by atoms with van der Waals surface area (Å²) >= 11 is 0. The number of aryl methyl sites for hydroxylation is 1. The number of carbonyl (C=O) groups is 1. The molecule has 1 amide bonds. The zero-order valence-corrected chi connectivity index (χ0v) is 12.5. The summed E-state index contributed by atoms with van der Waals surface area (Å²) in [6.07, 6.45) is 0.945. The maximum atomic E-state index is 12.8. The first kappa shape index (κ1) is 13.7. The molecule has 0 aromatic heterocycles. The van der Waals surface area contributed by atoms with E-state index >= 15 is 0 Å². The number of amides is 1. The molecule has 1 aliphatic rings. The zero-order valence-electron chi connectivity index (χ0n) is 12.5. The van der Waals surface area contributed by atoms with Crippen molar-refractivity contribution < 1.29 is 4.79 Å². The summed E-state index contributed by atoms with van der Waals surface area (Å²) in [6.45, 7) is 4.92. The van der Waals surface area contributed by atoms with E-state index in [4.69, 9.17) is 0 Å². The minimum absolute atomic E-state index is 0.124. The van der Waals surface area contributed by atoms with E-state index in [1.807, 2.05) is 41.3 Å². The molecular weight excluding hydrogens is 260 g/mol. The van der Waals surface area contributed by atoms with Gasteiger partial charge >= 0.3 is 0 Å². The molecule has 0 bridgehead atoms. The normalized spacial score (nSPS) is 17.3. The maximum absolute atomic E-state index is 12.8. The second-order valence-electron chi connectivity index (χ2n) is 5.50. The van der Waals surface area contributed by atoms with Crippen LogP contribution < -0.4 is 10.2 Å². The number of anilines is 2. The van der Waals surface area contributed by atoms with Crippen molar-refractivity contribution in [1.82, 2.24) is 0 Å². The van der Waals surface area contributed by atoms with Gasteiger partial charge in [-0.15, -0.1) is 0 Å². The van der Waals surface area contributed by atoms with Gasteiger partial charge in [-0.2, -0.15) is 0 Å². The lowest BCUT2D eigenvalue weighted by atomic mass is 10.0. The van der Waals surface area contributed by atoms with E-state index in [-0.39, 0.29) is 11.9 Å². The highest BCUT2D eigenvalue weighted by Crippen LogP contribution is 2.37. The zero-order chi connectivity index (χ0) is 14.8. The van der Waals surface area contributed by atoms with Crippen LogP contribution in [0.25, 0.3) is 0 Å². The van der Waals surface area contributed by atoms with Gasteiger partial charge in [0.1, 0.15) is 6.04 Å². The minimum atomic E-state index is -0.299. The lowest BCUT2D eigenvalue weighted by molar-refractivity contribution is -0.119. The van der Waals surface area contributed by atoms with Crippen LogP contribution in [0, 0.1) is 6.92 Å². The van der Waals surface area contributed by atoms with E-state index < -0.39 is 0 Å². The lowest BCUT2D eigenvalue weighted by Crippen LogP contribution is -2.42. The standard InChI is InChI=1S/C18H20N2O/c1-3-11-20-16-10-9-13(2)12-15(16)19-17(18(20)21)14-7-5-4-6-8-14/h4-10,12,17,19H,3,11H2,1-2H3. The van der Waals surface area contributed by atoms with Crippen LogP contribution in [-0.4, -0.2) is 12.5 Å². The quantitative estimate of drug-likeness (QED) is 0.924. The topological polar surface area (TPSA) is 32.3 Å². The summed E-state index contributed by atoms with van der Waals surface area (Å²) in [5.74, 6) is 0.124. The van der Waals surface area contributed by atoms with Crippen LogP contribution in [-0.2, 0) is 4.79 Å². The van der Waals surface area contributed by atoms with Crippen molar-refractivity contribution >= 4 is 17.3 Å². The highest BCUT2D eigenvalue weighted by molar-refractivity contribution is 6.05. The molecule has 0 aliphatic carbocycles. The van der Waals surface area contributed by atoms with Gasteiger partial charge in [-0.05, 0) is 36.6 Å². The first-order valence-electron chi connectivity index (χ1n) is 7.44. The van der Waals surface area contributed by atoms with E-state index in [2.05, 4.69) is 31.3 Å². The highest BCUT2D eigenvalue weighted by atomic mass is 16.2. The smallest absolute Gasteiger partial charge is 0.254 e. The number of nitrogens with one attached hydrogen (secondary N) is 1. The van der Waals surface area contributed by atoms with Crippen LogP contribution in [0.1, 0.15) is 30.5 Å². The van der Waals surface area contributed by atoms with Crippen LogP contribution in [0.2, 0.25) is 0 Å². The number of fused-ring (bicyclic) bond motifs is 1. The van der Waals surface area contributed by atoms with Gasteiger partial charge in [-0.3, -0.25) is 4.79 Å². The van der Waals surface area contributed by atoms with Gasteiger partial charge in [0.05, 0.1) is 11.4 Å². The molecule has 3 nitrogen and oxygen atoms in total. The molecule has 1 N–H and O–H groups in total. The SMILES string of the molecule is CCCN1C(=O)C(c2ccccc2)Nc2cc(C)ccc21. The van der Waals surface area contributed by atoms with Gasteiger partial charge in [0.2, 0.25) is 0 Å². The van der Waals surface area contributed by atoms with Crippen molar-refractivity contribution in [3.8, 4) is 0 Å². The van der Waals surface area contributed by atoms with Gasteiger partial charge in [0.25, 0.3) is 5.91 Å². The van der Waals surface area contributed by atoms with Crippen LogP contribution in [0.3, 0.4) is 0 Å². The largest absolute Gasteiger partial charge is 0.368 e. The fourth-order valence-corrected chi connectivity index (χ4v) is 2.82. The molecule has 0 saturated carbocycles. The Kier molecular flexibility index (Phi) is 3.65. The third-order valence-corrected chi connectivity index (χ3v) is 3.84. The molecule has 0 radical (unpaired) electrons. The first-order valence-corrected chi connectivity index (χ1v) is 7.44. The predicted octanol–water partition coefficient (Wildman–Crippen LogP) is 3.90. The Balaban J connectivity index is 2.05. The molecule has 2 aromatic carbocycles. The summed E-state index contributed by atoms with van der Waals surface area (Å²) in [5, 5.41) is 3.40. The summed E-state index contributed by atoms with van der Waals surface area (Å²) < 4.78 is 0. The molecule has 0 fully saturated rings. The number of rotatable bonds is 3. The van der Waals surface area contributed by atoms with Crippen LogP contribution >= 0.6 is 0 Å². The molecule has 2 aromatic rings. The lowest BCUT2D eigenvalue weighted by Gasteiger charge is -2.35. The van der Waals surface area contributed by atoms with Crippen LogP contribution in [0.5, 0.6) is 0 Å². The molecule has 1 aliphatic heterocycles. The average molecular weight is 280 g/mol. The molecule has 1 atom stereocenters. The van der Waals surface area contributed by atoms with Crippen molar-refractivity contribution in [3.05, 3.63) is 59.7 Å². The molecule has 108 valence electrons. The van der Waals surface area contributed by atoms with Gasteiger partial charge < -0.3 is 10.2 Å². The third-order valence-electron chi connectivity index (χ3n) is 3.84. The number of hydrogen-bond acceptors (Lipinski definition) is 2. The molecule has 1 unspecified atom stereocenters. The van der Waals surface area contributed by atoms with Crippen LogP contribution in [0.15, 0.2) is 48.5 Å². The Hall–Kier alpha value is -2.29. The Bertz CT molecular complexity index is 652. The van der Waals surface area contributed by atoms with E-state index in [0.717, 1.165) is 29.9 Å². The summed E-state index contributed by atoms with van der Waals surface area (Å²) in [5.41, 5.74) is 4.23. The van der Waals surface area contributed by atoms with Crippen molar-refractivity contribution in [2.24, 2.45) is 0 Å². The van der Waals surface area contributed by atoms with Gasteiger partial charge in [-0.1, -0.05) is 43.3 Å². The van der Waals surface area contributed by atoms with Gasteiger partial charge in [0, 0.05) is 6.54 Å². The second-order valence-corrected chi connectivity index (χ2v) is 5.50. The van der Waals surface area contributed by atoms with Crippen LogP contribution in [0.4, 0.5) is 11.4 Å². The third kappa shape index (κ3) is 2.51. The van der Waals surface area contributed by atoms with Crippen molar-refractivity contribution in [2.45, 2.75) is 26.3 Å². The van der Waals surface area contributed by atoms with E-state index in [0.29, 0.717) is 0 Å². The predicted molar refractivity (Wildman–Crippen MR) is 86.6 cm³/mol. The molecule has 21 heavy (non-hydrogen) atoms. The monoisotopic (exact) mass is 280 g/mol. The second kappa shape index (κ2) is 5.60. The van der Waals surface area contributed by atoms with Crippen molar-refractivity contribution in [1.29, 1.82) is 0 Å². The molecule has 3 heteroatoms. The van der Waals surface area contributed by atoms with Gasteiger partial charge in [-0.25, -0.2) is 0 Å². The van der Waals surface area contributed by atoms with Crippen molar-refractivity contribution in [2.75, 3.05) is 16.8 Å². The van der Waals surface area contributed by atoms with Gasteiger partial charge in [0.15, 0.2) is 0 Å². The minimum Gasteiger partial charge on any atom is -0.368 e. The molecule has 0 spiro atoms. The average Bonchev–Trinajstić information content (AvgIpc) is 2.51. The van der Waals surface area contributed by atoms with E-state index in [9.17, 15) is 4.79 Å².